The first-order valence-corrected chi connectivity index (χ1v) is 7.21. The number of nitrogens with one attached hydrogen (secondary N) is 1. The summed E-state index contributed by atoms with van der Waals surface area (Å²) < 4.78 is 0. The summed E-state index contributed by atoms with van der Waals surface area (Å²) in [6.45, 7) is 2.23. The van der Waals surface area contributed by atoms with Gasteiger partial charge in [0.05, 0.1) is 10.5 Å². The molecule has 1 aromatic rings. The minimum atomic E-state index is -0.647. The van der Waals surface area contributed by atoms with Crippen molar-refractivity contribution in [3.05, 3.63) is 33.9 Å². The summed E-state index contributed by atoms with van der Waals surface area (Å²) >= 11 is 0. The van der Waals surface area contributed by atoms with Gasteiger partial charge in [-0.1, -0.05) is 25.7 Å². The SMILES string of the molecule is Cc1cc(NCC2(O)CCCCCC2)ccc1[N+](=O)[O-]. The fourth-order valence-corrected chi connectivity index (χ4v) is 2.80. The number of aryl methyl sites for hydroxylation is 1. The molecule has 0 heterocycles. The summed E-state index contributed by atoms with van der Waals surface area (Å²) in [4.78, 5) is 10.4. The van der Waals surface area contributed by atoms with Crippen molar-refractivity contribution < 1.29 is 10.0 Å². The van der Waals surface area contributed by atoms with E-state index in [-0.39, 0.29) is 10.6 Å². The lowest BCUT2D eigenvalue weighted by Crippen LogP contribution is -2.36. The van der Waals surface area contributed by atoms with E-state index in [2.05, 4.69) is 5.32 Å². The highest BCUT2D eigenvalue weighted by atomic mass is 16.6. The summed E-state index contributed by atoms with van der Waals surface area (Å²) in [6, 6.07) is 4.97. The Hall–Kier alpha value is -1.62. The van der Waals surface area contributed by atoms with Crippen LogP contribution in [-0.4, -0.2) is 22.2 Å². The van der Waals surface area contributed by atoms with Crippen molar-refractivity contribution in [3.63, 3.8) is 0 Å². The smallest absolute Gasteiger partial charge is 0.272 e. The molecule has 2 rings (SSSR count). The summed E-state index contributed by atoms with van der Waals surface area (Å²) in [5, 5.41) is 24.5. The average Bonchev–Trinajstić information content (AvgIpc) is 2.61. The normalized spacial score (nSPS) is 18.3. The van der Waals surface area contributed by atoms with Crippen LogP contribution in [0.25, 0.3) is 0 Å². The molecule has 1 aliphatic carbocycles. The number of nitro benzene ring substituents is 1. The fraction of sp³-hybridized carbons (Fsp3) is 0.600. The van der Waals surface area contributed by atoms with Crippen LogP contribution < -0.4 is 5.32 Å². The summed E-state index contributed by atoms with van der Waals surface area (Å²) in [7, 11) is 0. The zero-order chi connectivity index (χ0) is 14.6. The van der Waals surface area contributed by atoms with Crippen molar-refractivity contribution in [3.8, 4) is 0 Å². The average molecular weight is 278 g/mol. The van der Waals surface area contributed by atoms with E-state index in [1.54, 1.807) is 19.1 Å². The topological polar surface area (TPSA) is 75.4 Å². The molecule has 0 amide bonds. The molecule has 2 N–H and O–H groups in total. The largest absolute Gasteiger partial charge is 0.388 e. The highest BCUT2D eigenvalue weighted by Gasteiger charge is 2.27. The first kappa shape index (κ1) is 14.8. The molecule has 110 valence electrons. The highest BCUT2D eigenvalue weighted by Crippen LogP contribution is 2.28. The van der Waals surface area contributed by atoms with Crippen LogP contribution in [-0.2, 0) is 0 Å². The summed E-state index contributed by atoms with van der Waals surface area (Å²) in [6.07, 6.45) is 6.17. The molecule has 0 bridgehead atoms. The van der Waals surface area contributed by atoms with E-state index in [4.69, 9.17) is 0 Å². The Morgan fingerprint density at radius 2 is 1.95 bits per heavy atom. The predicted molar refractivity (Wildman–Crippen MR) is 79.0 cm³/mol. The van der Waals surface area contributed by atoms with Gasteiger partial charge in [0.15, 0.2) is 0 Å². The van der Waals surface area contributed by atoms with Gasteiger partial charge in [0.25, 0.3) is 5.69 Å². The first-order valence-electron chi connectivity index (χ1n) is 7.21. The second-order valence-electron chi connectivity index (χ2n) is 5.75. The van der Waals surface area contributed by atoms with Crippen LogP contribution in [0.4, 0.5) is 11.4 Å². The zero-order valence-electron chi connectivity index (χ0n) is 11.9. The zero-order valence-corrected chi connectivity index (χ0v) is 11.9. The van der Waals surface area contributed by atoms with E-state index in [1.165, 1.54) is 18.9 Å². The lowest BCUT2D eigenvalue weighted by molar-refractivity contribution is -0.385. The molecule has 1 aromatic carbocycles. The maximum atomic E-state index is 10.8. The monoisotopic (exact) mass is 278 g/mol. The lowest BCUT2D eigenvalue weighted by atomic mass is 9.94. The third kappa shape index (κ3) is 3.70. The summed E-state index contributed by atoms with van der Waals surface area (Å²) in [5.74, 6) is 0. The molecule has 5 nitrogen and oxygen atoms in total. The van der Waals surface area contributed by atoms with Crippen LogP contribution in [0.1, 0.15) is 44.1 Å². The van der Waals surface area contributed by atoms with E-state index in [1.807, 2.05) is 0 Å². The van der Waals surface area contributed by atoms with Crippen LogP contribution in [0.5, 0.6) is 0 Å². The van der Waals surface area contributed by atoms with E-state index in [0.29, 0.717) is 12.1 Å². The Morgan fingerprint density at radius 1 is 1.30 bits per heavy atom. The first-order chi connectivity index (χ1) is 9.50. The van der Waals surface area contributed by atoms with E-state index in [0.717, 1.165) is 31.4 Å². The number of nitrogens with zero attached hydrogens (tertiary/aromatic N) is 1. The van der Waals surface area contributed by atoms with Crippen molar-refractivity contribution >= 4 is 11.4 Å². The molecule has 5 heteroatoms. The number of aliphatic hydroxyl groups is 1. The van der Waals surface area contributed by atoms with Gasteiger partial charge in [0.2, 0.25) is 0 Å². The van der Waals surface area contributed by atoms with Gasteiger partial charge in [-0.25, -0.2) is 0 Å². The van der Waals surface area contributed by atoms with Gasteiger partial charge in [-0.3, -0.25) is 10.1 Å². The Morgan fingerprint density at radius 3 is 2.50 bits per heavy atom. The molecule has 0 spiro atoms. The molecule has 0 aliphatic heterocycles. The number of hydrogen-bond acceptors (Lipinski definition) is 4. The second-order valence-corrected chi connectivity index (χ2v) is 5.75. The third-order valence-electron chi connectivity index (χ3n) is 4.05. The van der Waals surface area contributed by atoms with Crippen molar-refractivity contribution in [2.45, 2.75) is 51.0 Å². The van der Waals surface area contributed by atoms with Crippen LogP contribution in [0.15, 0.2) is 18.2 Å². The van der Waals surface area contributed by atoms with Gasteiger partial charge in [0.1, 0.15) is 0 Å². The lowest BCUT2D eigenvalue weighted by Gasteiger charge is -2.27. The Labute approximate surface area is 119 Å². The molecular formula is C15H22N2O3. The van der Waals surface area contributed by atoms with Crippen molar-refractivity contribution in [1.82, 2.24) is 0 Å². The summed E-state index contributed by atoms with van der Waals surface area (Å²) in [5.41, 5.74) is 0.939. The second kappa shape index (κ2) is 6.22. The molecule has 0 aromatic heterocycles. The molecule has 1 aliphatic rings. The number of anilines is 1. The molecule has 1 saturated carbocycles. The molecular weight excluding hydrogens is 256 g/mol. The molecule has 0 radical (unpaired) electrons. The standard InChI is InChI=1S/C15H22N2O3/c1-12-10-13(6-7-14(12)17(19)20)16-11-15(18)8-4-2-3-5-9-15/h6-7,10,16,18H,2-5,8-9,11H2,1H3. The minimum absolute atomic E-state index is 0.128. The van der Waals surface area contributed by atoms with Gasteiger partial charge < -0.3 is 10.4 Å². The Kier molecular flexibility index (Phi) is 4.60. The van der Waals surface area contributed by atoms with Crippen molar-refractivity contribution in [2.75, 3.05) is 11.9 Å². The Balaban J connectivity index is 1.99. The molecule has 0 unspecified atom stereocenters. The van der Waals surface area contributed by atoms with Gasteiger partial charge in [-0.2, -0.15) is 0 Å². The van der Waals surface area contributed by atoms with Gasteiger partial charge in [0, 0.05) is 23.9 Å². The van der Waals surface area contributed by atoms with Gasteiger partial charge >= 0.3 is 0 Å². The van der Waals surface area contributed by atoms with E-state index < -0.39 is 5.60 Å². The van der Waals surface area contributed by atoms with Crippen LogP contribution in [0, 0.1) is 17.0 Å². The van der Waals surface area contributed by atoms with E-state index >= 15 is 0 Å². The quantitative estimate of drug-likeness (QED) is 0.503. The third-order valence-corrected chi connectivity index (χ3v) is 4.05. The maximum absolute atomic E-state index is 10.8. The molecule has 0 saturated heterocycles. The maximum Gasteiger partial charge on any atom is 0.272 e. The molecule has 1 fully saturated rings. The fourth-order valence-electron chi connectivity index (χ4n) is 2.80. The van der Waals surface area contributed by atoms with Gasteiger partial charge in [-0.15, -0.1) is 0 Å². The number of rotatable bonds is 4. The van der Waals surface area contributed by atoms with Gasteiger partial charge in [-0.05, 0) is 31.9 Å². The highest BCUT2D eigenvalue weighted by molar-refractivity contribution is 5.53. The minimum Gasteiger partial charge on any atom is -0.388 e. The van der Waals surface area contributed by atoms with Crippen LogP contribution in [0.2, 0.25) is 0 Å². The van der Waals surface area contributed by atoms with Crippen LogP contribution >= 0.6 is 0 Å². The number of nitro groups is 1. The van der Waals surface area contributed by atoms with E-state index in [9.17, 15) is 15.2 Å². The predicted octanol–water partition coefficient (Wildman–Crippen LogP) is 3.40. The number of hydrogen-bond donors (Lipinski definition) is 2. The number of benzene rings is 1. The van der Waals surface area contributed by atoms with Crippen molar-refractivity contribution in [2.24, 2.45) is 0 Å². The van der Waals surface area contributed by atoms with Crippen LogP contribution in [0.3, 0.4) is 0 Å². The van der Waals surface area contributed by atoms with Crippen molar-refractivity contribution in [1.29, 1.82) is 0 Å². The Bertz CT molecular complexity index is 480. The molecule has 0 atom stereocenters. The molecule has 20 heavy (non-hydrogen) atoms.